The van der Waals surface area contributed by atoms with Crippen LogP contribution in [-0.2, 0) is 27.2 Å². The molecule has 0 radical (unpaired) electrons. The number of anilines is 2. The fraction of sp³-hybridized carbons (Fsp3) is 0.209. The van der Waals surface area contributed by atoms with Crippen LogP contribution in [0.5, 0.6) is 0 Å². The lowest BCUT2D eigenvalue weighted by Gasteiger charge is -2.18. The molecule has 1 heterocycles. The number of amides is 3. The average Bonchev–Trinajstić information content (AvgIpc) is 3.50. The van der Waals surface area contributed by atoms with Crippen LogP contribution in [0.2, 0.25) is 10.0 Å². The van der Waals surface area contributed by atoms with Gasteiger partial charge in [0.15, 0.2) is 0 Å². The number of nitrogens with one attached hydrogen (secondary N) is 3. The fourth-order valence-corrected chi connectivity index (χ4v) is 9.03. The average molecular weight is 813 g/mol. The third-order valence-electron chi connectivity index (χ3n) is 8.87. The van der Waals surface area contributed by atoms with Crippen molar-refractivity contribution in [1.29, 1.82) is 0 Å². The summed E-state index contributed by atoms with van der Waals surface area (Å²) >= 11 is 15.3. The Bertz CT molecular complexity index is 2210. The van der Waals surface area contributed by atoms with Crippen LogP contribution in [0, 0.1) is 0 Å². The molecule has 0 aliphatic heterocycles. The number of aryl methyl sites for hydroxylation is 1. The van der Waals surface area contributed by atoms with E-state index in [0.717, 1.165) is 54.5 Å². The first-order valence-electron chi connectivity index (χ1n) is 18.0. The topological polar surface area (TPSA) is 114 Å². The molecule has 3 amide bonds. The number of thiophene rings is 1. The Morgan fingerprint density at radius 1 is 0.836 bits per heavy atom. The van der Waals surface area contributed by atoms with Gasteiger partial charge in [-0.05, 0) is 97.8 Å². The lowest BCUT2D eigenvalue weighted by atomic mass is 9.96. The molecule has 1 aliphatic carbocycles. The SMILES string of the molecule is CCOC(=O)c1c(NC(=O)C(Sc2cccc(NC(=O)/C(=C\c3ccc(Cl)cc3Cl)NC(=O)c3ccccc3)c2)c2ccccc2)sc2c1CCCCCC2. The first-order valence-corrected chi connectivity index (χ1v) is 20.4. The van der Waals surface area contributed by atoms with Gasteiger partial charge < -0.3 is 20.7 Å². The summed E-state index contributed by atoms with van der Waals surface area (Å²) in [7, 11) is 0. The molecule has 0 spiro atoms. The minimum Gasteiger partial charge on any atom is -0.462 e. The molecule has 1 atom stereocenters. The van der Waals surface area contributed by atoms with E-state index < -0.39 is 23.0 Å². The molecule has 3 N–H and O–H groups in total. The van der Waals surface area contributed by atoms with E-state index >= 15 is 0 Å². The summed E-state index contributed by atoms with van der Waals surface area (Å²) in [6, 6.07) is 29.9. The zero-order valence-electron chi connectivity index (χ0n) is 30.0. The molecule has 12 heteroatoms. The van der Waals surface area contributed by atoms with Gasteiger partial charge in [-0.2, -0.15) is 0 Å². The van der Waals surface area contributed by atoms with Crippen molar-refractivity contribution in [2.75, 3.05) is 17.2 Å². The molecule has 282 valence electrons. The Labute approximate surface area is 338 Å². The summed E-state index contributed by atoms with van der Waals surface area (Å²) in [6.07, 6.45) is 7.36. The number of carbonyl (C=O) groups is 4. The number of benzene rings is 4. The van der Waals surface area contributed by atoms with Crippen molar-refractivity contribution in [3.05, 3.63) is 152 Å². The Morgan fingerprint density at radius 3 is 2.29 bits per heavy atom. The van der Waals surface area contributed by atoms with Gasteiger partial charge in [-0.3, -0.25) is 14.4 Å². The Hall–Kier alpha value is -4.87. The lowest BCUT2D eigenvalue weighted by molar-refractivity contribution is -0.116. The first-order chi connectivity index (χ1) is 26.7. The molecular weight excluding hydrogens is 774 g/mol. The van der Waals surface area contributed by atoms with Gasteiger partial charge >= 0.3 is 5.97 Å². The van der Waals surface area contributed by atoms with E-state index in [1.54, 1.807) is 73.7 Å². The van der Waals surface area contributed by atoms with Gasteiger partial charge in [0.05, 0.1) is 12.2 Å². The van der Waals surface area contributed by atoms with Crippen molar-refractivity contribution in [2.45, 2.75) is 55.6 Å². The summed E-state index contributed by atoms with van der Waals surface area (Å²) in [4.78, 5) is 56.4. The monoisotopic (exact) mass is 811 g/mol. The maximum atomic E-state index is 14.3. The van der Waals surface area contributed by atoms with E-state index in [0.29, 0.717) is 42.3 Å². The standard InChI is InChI=1S/C43H39Cl2N3O5S2/c1-2-53-43(52)37-33-20-11-3-4-12-21-36(33)55-42(37)48-41(51)38(27-14-7-5-8-15-27)54-32-19-13-18-31(26-32)46-40(50)35(24-29-22-23-30(44)25-34(29)45)47-39(49)28-16-9-6-10-17-28/h5-10,13-19,22-26,38H,2-4,11-12,20-21H2,1H3,(H,46,50)(H,47,49)(H,48,51)/b35-24+. The highest BCUT2D eigenvalue weighted by atomic mass is 35.5. The van der Waals surface area contributed by atoms with Gasteiger partial charge in [0.25, 0.3) is 11.8 Å². The molecule has 0 bridgehead atoms. The van der Waals surface area contributed by atoms with Gasteiger partial charge in [-0.1, -0.05) is 96.7 Å². The summed E-state index contributed by atoms with van der Waals surface area (Å²) in [6.45, 7) is 2.01. The van der Waals surface area contributed by atoms with Crippen LogP contribution in [0.15, 0.2) is 114 Å². The number of hydrogen-bond acceptors (Lipinski definition) is 7. The number of halogens is 2. The predicted octanol–water partition coefficient (Wildman–Crippen LogP) is 10.8. The van der Waals surface area contributed by atoms with E-state index in [1.807, 2.05) is 36.4 Å². The van der Waals surface area contributed by atoms with Crippen LogP contribution in [0.1, 0.15) is 80.1 Å². The summed E-state index contributed by atoms with van der Waals surface area (Å²) in [5.41, 5.74) is 3.46. The minimum atomic E-state index is -0.709. The number of thioether (sulfide) groups is 1. The number of ether oxygens (including phenoxy) is 1. The van der Waals surface area contributed by atoms with Gasteiger partial charge in [-0.15, -0.1) is 23.1 Å². The van der Waals surface area contributed by atoms with Crippen LogP contribution in [0.3, 0.4) is 0 Å². The fourth-order valence-electron chi connectivity index (χ4n) is 6.20. The van der Waals surface area contributed by atoms with Crippen molar-refractivity contribution in [3.8, 4) is 0 Å². The largest absolute Gasteiger partial charge is 0.462 e. The van der Waals surface area contributed by atoms with Gasteiger partial charge in [-0.25, -0.2) is 4.79 Å². The van der Waals surface area contributed by atoms with Crippen LogP contribution in [0.25, 0.3) is 6.08 Å². The van der Waals surface area contributed by atoms with Crippen LogP contribution < -0.4 is 16.0 Å². The lowest BCUT2D eigenvalue weighted by Crippen LogP contribution is -2.30. The second kappa shape index (κ2) is 19.1. The number of esters is 1. The van der Waals surface area contributed by atoms with E-state index in [9.17, 15) is 19.2 Å². The Kier molecular flexibility index (Phi) is 13.8. The van der Waals surface area contributed by atoms with Crippen LogP contribution in [-0.4, -0.2) is 30.3 Å². The van der Waals surface area contributed by atoms with Gasteiger partial charge in [0.1, 0.15) is 15.9 Å². The molecular formula is C43H39Cl2N3O5S2. The van der Waals surface area contributed by atoms with E-state index in [4.69, 9.17) is 27.9 Å². The molecule has 8 nitrogen and oxygen atoms in total. The van der Waals surface area contributed by atoms with E-state index in [-0.39, 0.29) is 18.2 Å². The second-order valence-corrected chi connectivity index (χ2v) is 15.9. The summed E-state index contributed by atoms with van der Waals surface area (Å²) in [5.74, 6) is -1.78. The van der Waals surface area contributed by atoms with Crippen molar-refractivity contribution < 1.29 is 23.9 Å². The van der Waals surface area contributed by atoms with Crippen LogP contribution in [0.4, 0.5) is 10.7 Å². The summed E-state index contributed by atoms with van der Waals surface area (Å²) in [5, 5.41) is 9.26. The maximum absolute atomic E-state index is 14.3. The molecule has 0 fully saturated rings. The van der Waals surface area contributed by atoms with Crippen LogP contribution >= 0.6 is 46.3 Å². The highest BCUT2D eigenvalue weighted by Gasteiger charge is 2.29. The predicted molar refractivity (Wildman–Crippen MR) is 223 cm³/mol. The Morgan fingerprint density at radius 2 is 1.56 bits per heavy atom. The first kappa shape index (κ1) is 39.8. The molecule has 6 rings (SSSR count). The molecule has 5 aromatic rings. The van der Waals surface area contributed by atoms with Gasteiger partial charge in [0, 0.05) is 31.1 Å². The smallest absolute Gasteiger partial charge is 0.341 e. The van der Waals surface area contributed by atoms with Crippen molar-refractivity contribution in [2.24, 2.45) is 0 Å². The molecule has 4 aromatic carbocycles. The molecule has 1 unspecified atom stereocenters. The van der Waals surface area contributed by atoms with E-state index in [1.165, 1.54) is 29.2 Å². The number of hydrogen-bond donors (Lipinski definition) is 3. The van der Waals surface area contributed by atoms with Crippen molar-refractivity contribution in [1.82, 2.24) is 5.32 Å². The quantitative estimate of drug-likeness (QED) is 0.0657. The second-order valence-electron chi connectivity index (χ2n) is 12.8. The zero-order valence-corrected chi connectivity index (χ0v) is 33.2. The maximum Gasteiger partial charge on any atom is 0.341 e. The summed E-state index contributed by atoms with van der Waals surface area (Å²) < 4.78 is 5.47. The Balaban J connectivity index is 1.26. The normalized spacial score (nSPS) is 13.4. The third-order valence-corrected chi connectivity index (χ3v) is 11.9. The zero-order chi connectivity index (χ0) is 38.7. The number of rotatable bonds is 12. The third kappa shape index (κ3) is 10.5. The minimum absolute atomic E-state index is 0.0415. The molecule has 0 saturated carbocycles. The van der Waals surface area contributed by atoms with Crippen molar-refractivity contribution >= 4 is 86.8 Å². The van der Waals surface area contributed by atoms with Gasteiger partial charge in [0.2, 0.25) is 5.91 Å². The number of fused-ring (bicyclic) bond motifs is 1. The number of carbonyl (C=O) groups excluding carboxylic acids is 4. The van der Waals surface area contributed by atoms with Crippen molar-refractivity contribution in [3.63, 3.8) is 0 Å². The highest BCUT2D eigenvalue weighted by molar-refractivity contribution is 8.00. The molecule has 1 aliphatic rings. The highest BCUT2D eigenvalue weighted by Crippen LogP contribution is 2.41. The molecule has 55 heavy (non-hydrogen) atoms. The van der Waals surface area contributed by atoms with E-state index in [2.05, 4.69) is 16.0 Å². The molecule has 0 saturated heterocycles. The molecule has 1 aromatic heterocycles.